The number of hydrogen-bond donors (Lipinski definition) is 1. The fraction of sp³-hybridized carbons (Fsp3) is 0.750. The number of benzene rings is 1. The van der Waals surface area contributed by atoms with Gasteiger partial charge in [-0.25, -0.2) is 0 Å². The summed E-state index contributed by atoms with van der Waals surface area (Å²) in [7, 11) is -0.246. The van der Waals surface area contributed by atoms with Gasteiger partial charge in [0.15, 0.2) is 8.32 Å². The zero-order valence-electron chi connectivity index (χ0n) is 20.3. The summed E-state index contributed by atoms with van der Waals surface area (Å²) >= 11 is 0. The Kier molecular flexibility index (Phi) is 9.87. The van der Waals surface area contributed by atoms with Gasteiger partial charge in [-0.15, -0.1) is 0 Å². The lowest BCUT2D eigenvalue weighted by Gasteiger charge is -2.44. The number of aliphatic hydroxyl groups is 1. The lowest BCUT2D eigenvalue weighted by atomic mass is 9.85. The van der Waals surface area contributed by atoms with Crippen molar-refractivity contribution in [3.8, 4) is 5.75 Å². The third-order valence-electron chi connectivity index (χ3n) is 6.38. The minimum atomic E-state index is -1.91. The molecule has 29 heavy (non-hydrogen) atoms. The summed E-state index contributed by atoms with van der Waals surface area (Å²) in [4.78, 5) is 0. The Morgan fingerprint density at radius 3 is 1.93 bits per heavy atom. The van der Waals surface area contributed by atoms with Crippen molar-refractivity contribution in [1.82, 2.24) is 0 Å². The third-order valence-corrected chi connectivity index (χ3v) is 10.9. The lowest BCUT2D eigenvalue weighted by Crippen LogP contribution is -2.50. The van der Waals surface area contributed by atoms with Gasteiger partial charge in [-0.05, 0) is 41.7 Å². The Morgan fingerprint density at radius 2 is 1.52 bits per heavy atom. The molecular formula is C24H44O4Si. The van der Waals surface area contributed by atoms with Gasteiger partial charge < -0.3 is 19.0 Å². The molecule has 0 fully saturated rings. The first kappa shape index (κ1) is 26.2. The summed E-state index contributed by atoms with van der Waals surface area (Å²) < 4.78 is 18.5. The molecule has 4 nitrogen and oxygen atoms in total. The predicted octanol–water partition coefficient (Wildman–Crippen LogP) is 5.89. The van der Waals surface area contributed by atoms with Crippen LogP contribution in [-0.4, -0.2) is 39.3 Å². The van der Waals surface area contributed by atoms with E-state index < -0.39 is 8.32 Å². The fourth-order valence-electron chi connectivity index (χ4n) is 3.41. The maximum absolute atomic E-state index is 9.87. The van der Waals surface area contributed by atoms with Gasteiger partial charge in [-0.2, -0.15) is 0 Å². The molecule has 5 heteroatoms. The second-order valence-electron chi connectivity index (χ2n) is 10.2. The van der Waals surface area contributed by atoms with Crippen LogP contribution in [0.5, 0.6) is 5.75 Å². The topological polar surface area (TPSA) is 47.9 Å². The summed E-state index contributed by atoms with van der Waals surface area (Å²) in [6, 6.07) is 7.95. The lowest BCUT2D eigenvalue weighted by molar-refractivity contribution is -0.0800. The normalized spacial score (nSPS) is 17.1. The van der Waals surface area contributed by atoms with E-state index >= 15 is 0 Å². The van der Waals surface area contributed by atoms with E-state index in [1.807, 2.05) is 24.3 Å². The van der Waals surface area contributed by atoms with Crippen LogP contribution in [0.15, 0.2) is 24.3 Å². The molecule has 0 amide bonds. The van der Waals surface area contributed by atoms with E-state index in [4.69, 9.17) is 13.9 Å². The van der Waals surface area contributed by atoms with Crippen LogP contribution in [0.3, 0.4) is 0 Å². The largest absolute Gasteiger partial charge is 0.497 e. The second-order valence-corrected chi connectivity index (χ2v) is 15.0. The van der Waals surface area contributed by atoms with Crippen molar-refractivity contribution in [3.05, 3.63) is 29.8 Å². The molecule has 1 rings (SSSR count). The monoisotopic (exact) mass is 424 g/mol. The number of hydrogen-bond acceptors (Lipinski definition) is 4. The molecular weight excluding hydrogens is 380 g/mol. The van der Waals surface area contributed by atoms with Crippen molar-refractivity contribution in [2.45, 2.75) is 85.4 Å². The first-order valence-corrected chi connectivity index (χ1v) is 13.8. The molecule has 1 aromatic carbocycles. The van der Waals surface area contributed by atoms with Gasteiger partial charge in [0, 0.05) is 18.4 Å². The summed E-state index contributed by atoms with van der Waals surface area (Å²) in [6.07, 6.45) is 0.00466. The van der Waals surface area contributed by atoms with Crippen molar-refractivity contribution in [3.63, 3.8) is 0 Å². The predicted molar refractivity (Wildman–Crippen MR) is 124 cm³/mol. The van der Waals surface area contributed by atoms with E-state index in [0.29, 0.717) is 12.5 Å². The van der Waals surface area contributed by atoms with Gasteiger partial charge in [0.05, 0.1) is 25.9 Å². The van der Waals surface area contributed by atoms with Crippen LogP contribution >= 0.6 is 0 Å². The van der Waals surface area contributed by atoms with E-state index in [1.54, 1.807) is 7.11 Å². The molecule has 1 N–H and O–H groups in total. The van der Waals surface area contributed by atoms with Crippen molar-refractivity contribution in [2.75, 3.05) is 13.7 Å². The summed E-state index contributed by atoms with van der Waals surface area (Å²) in [5.41, 5.74) is 1.10. The fourth-order valence-corrected chi connectivity index (χ4v) is 4.93. The van der Waals surface area contributed by atoms with Gasteiger partial charge in [-0.3, -0.25) is 0 Å². The zero-order chi connectivity index (χ0) is 22.4. The number of aliphatic hydroxyl groups excluding tert-OH is 1. The van der Waals surface area contributed by atoms with E-state index in [0.717, 1.165) is 11.3 Å². The van der Waals surface area contributed by atoms with E-state index in [2.05, 4.69) is 61.6 Å². The first-order chi connectivity index (χ1) is 13.3. The molecule has 1 aromatic rings. The van der Waals surface area contributed by atoms with Crippen molar-refractivity contribution in [2.24, 2.45) is 17.8 Å². The summed E-state index contributed by atoms with van der Waals surface area (Å²) in [6.45, 7) is 20.7. The van der Waals surface area contributed by atoms with Crippen molar-refractivity contribution >= 4 is 8.32 Å². The molecule has 0 aliphatic heterocycles. The number of methoxy groups -OCH3 is 1. The van der Waals surface area contributed by atoms with Gasteiger partial charge >= 0.3 is 0 Å². The zero-order valence-corrected chi connectivity index (χ0v) is 21.3. The smallest absolute Gasteiger partial charge is 0.192 e. The maximum Gasteiger partial charge on any atom is 0.192 e. The molecule has 0 bridgehead atoms. The maximum atomic E-state index is 9.87. The highest BCUT2D eigenvalue weighted by atomic mass is 28.4. The third kappa shape index (κ3) is 7.39. The van der Waals surface area contributed by atoms with Crippen LogP contribution in [0.25, 0.3) is 0 Å². The number of rotatable bonds is 11. The van der Waals surface area contributed by atoms with Crippen LogP contribution in [0.2, 0.25) is 18.1 Å². The highest BCUT2D eigenvalue weighted by Gasteiger charge is 2.42. The van der Waals surface area contributed by atoms with Crippen LogP contribution in [-0.2, 0) is 15.8 Å². The molecule has 0 heterocycles. The Bertz CT molecular complexity index is 592. The van der Waals surface area contributed by atoms with Crippen LogP contribution in [0.4, 0.5) is 0 Å². The standard InChI is InChI=1S/C24H44O4Si/c1-17(2)22(28-29(9,10)24(5,6)7)19(4)23(18(3)15-25)27-16-20-11-13-21(26-8)14-12-20/h11-14,17-19,22-23,25H,15-16H2,1-10H3/t18-,19+,22-,23-/m1/s1. The van der Waals surface area contributed by atoms with Crippen LogP contribution in [0.1, 0.15) is 54.0 Å². The Morgan fingerprint density at radius 1 is 0.966 bits per heavy atom. The molecule has 0 saturated heterocycles. The quantitative estimate of drug-likeness (QED) is 0.450. The van der Waals surface area contributed by atoms with Gasteiger partial charge in [0.25, 0.3) is 0 Å². The average Bonchev–Trinajstić information content (AvgIpc) is 2.65. The van der Waals surface area contributed by atoms with E-state index in [-0.39, 0.29) is 35.7 Å². The average molecular weight is 425 g/mol. The molecule has 0 saturated carbocycles. The van der Waals surface area contributed by atoms with Crippen LogP contribution < -0.4 is 4.74 Å². The molecule has 0 aliphatic rings. The van der Waals surface area contributed by atoms with Crippen LogP contribution in [0, 0.1) is 17.8 Å². The minimum absolute atomic E-state index is 0.0347. The van der Waals surface area contributed by atoms with Gasteiger partial charge in [-0.1, -0.05) is 60.6 Å². The molecule has 0 spiro atoms. The molecule has 0 aliphatic carbocycles. The van der Waals surface area contributed by atoms with Crippen molar-refractivity contribution in [1.29, 1.82) is 0 Å². The molecule has 0 aromatic heterocycles. The molecule has 0 radical (unpaired) electrons. The van der Waals surface area contributed by atoms with Gasteiger partial charge in [0.1, 0.15) is 5.75 Å². The Labute approximate surface area is 180 Å². The molecule has 168 valence electrons. The second kappa shape index (κ2) is 10.9. The molecule has 4 atom stereocenters. The van der Waals surface area contributed by atoms with E-state index in [1.165, 1.54) is 0 Å². The van der Waals surface area contributed by atoms with Crippen molar-refractivity contribution < 1.29 is 19.0 Å². The molecule has 0 unspecified atom stereocenters. The summed E-state index contributed by atoms with van der Waals surface area (Å²) in [5, 5.41) is 10.0. The first-order valence-electron chi connectivity index (χ1n) is 10.9. The summed E-state index contributed by atoms with van der Waals surface area (Å²) in [5.74, 6) is 1.42. The highest BCUT2D eigenvalue weighted by Crippen LogP contribution is 2.40. The Hall–Kier alpha value is -0.883. The van der Waals surface area contributed by atoms with Gasteiger partial charge in [0.2, 0.25) is 0 Å². The van der Waals surface area contributed by atoms with E-state index in [9.17, 15) is 5.11 Å². The SMILES string of the molecule is COc1ccc(CO[C@@H]([C@@H](C)[C@H](O[Si](C)(C)C(C)(C)C)C(C)C)[C@H](C)CO)cc1. The number of ether oxygens (including phenoxy) is 2. The minimum Gasteiger partial charge on any atom is -0.497 e. The highest BCUT2D eigenvalue weighted by molar-refractivity contribution is 6.74. The Balaban J connectivity index is 3.00.